The van der Waals surface area contributed by atoms with Gasteiger partial charge >= 0.3 is 0 Å². The maximum atomic E-state index is 12.1. The maximum Gasteiger partial charge on any atom is 0.267 e. The van der Waals surface area contributed by atoms with Crippen molar-refractivity contribution in [2.45, 2.75) is 6.92 Å². The number of thiazole rings is 1. The molecule has 0 aliphatic rings. The van der Waals surface area contributed by atoms with Crippen LogP contribution < -0.4 is 10.1 Å². The Labute approximate surface area is 124 Å². The van der Waals surface area contributed by atoms with E-state index in [1.807, 2.05) is 37.3 Å². The summed E-state index contributed by atoms with van der Waals surface area (Å²) < 4.78 is 6.26. The molecule has 6 heteroatoms. The van der Waals surface area contributed by atoms with E-state index in [0.29, 0.717) is 15.8 Å². The lowest BCUT2D eigenvalue weighted by molar-refractivity contribution is 0.103. The Kier molecular flexibility index (Phi) is 3.42. The van der Waals surface area contributed by atoms with Crippen molar-refractivity contribution >= 4 is 43.9 Å². The molecule has 102 valence electrons. The van der Waals surface area contributed by atoms with Crippen LogP contribution in [0.2, 0.25) is 0 Å². The van der Waals surface area contributed by atoms with Gasteiger partial charge in [-0.3, -0.25) is 10.1 Å². The van der Waals surface area contributed by atoms with Crippen molar-refractivity contribution in [2.75, 3.05) is 12.4 Å². The van der Waals surface area contributed by atoms with E-state index >= 15 is 0 Å². The summed E-state index contributed by atoms with van der Waals surface area (Å²) >= 11 is 2.91. The Bertz CT molecular complexity index is 776. The van der Waals surface area contributed by atoms with Gasteiger partial charge in [0.25, 0.3) is 5.91 Å². The quantitative estimate of drug-likeness (QED) is 0.797. The number of hydrogen-bond acceptors (Lipinski definition) is 5. The van der Waals surface area contributed by atoms with Gasteiger partial charge in [0.1, 0.15) is 11.3 Å². The van der Waals surface area contributed by atoms with Gasteiger partial charge in [-0.25, -0.2) is 4.98 Å². The summed E-state index contributed by atoms with van der Waals surface area (Å²) in [7, 11) is 1.61. The number of methoxy groups -OCH3 is 1. The summed E-state index contributed by atoms with van der Waals surface area (Å²) in [6.07, 6.45) is 0. The Balaban J connectivity index is 1.89. The van der Waals surface area contributed by atoms with Crippen LogP contribution in [0.5, 0.6) is 5.75 Å². The van der Waals surface area contributed by atoms with E-state index in [-0.39, 0.29) is 5.91 Å². The van der Waals surface area contributed by atoms with Gasteiger partial charge in [0.15, 0.2) is 5.13 Å². The zero-order valence-corrected chi connectivity index (χ0v) is 12.6. The van der Waals surface area contributed by atoms with Gasteiger partial charge in [0.2, 0.25) is 0 Å². The summed E-state index contributed by atoms with van der Waals surface area (Å²) in [5.74, 6) is 0.590. The molecule has 0 spiro atoms. The second-order valence-corrected chi connectivity index (χ2v) is 6.51. The van der Waals surface area contributed by atoms with Crippen molar-refractivity contribution < 1.29 is 9.53 Å². The standard InChI is InChI=1S/C14H12N2O2S2/c1-8-6-7-11(19-8)13(17)16-14-15-12-9(18-2)4-3-5-10(12)20-14/h3-7H,1-2H3,(H,15,16,17). The molecule has 0 bridgehead atoms. The van der Waals surface area contributed by atoms with E-state index in [1.54, 1.807) is 7.11 Å². The third-order valence-electron chi connectivity index (χ3n) is 2.79. The van der Waals surface area contributed by atoms with E-state index in [2.05, 4.69) is 10.3 Å². The van der Waals surface area contributed by atoms with E-state index in [4.69, 9.17) is 4.74 Å². The van der Waals surface area contributed by atoms with Gasteiger partial charge in [-0.15, -0.1) is 11.3 Å². The topological polar surface area (TPSA) is 51.2 Å². The van der Waals surface area contributed by atoms with Crippen molar-refractivity contribution in [2.24, 2.45) is 0 Å². The summed E-state index contributed by atoms with van der Waals surface area (Å²) in [5, 5.41) is 3.42. The van der Waals surface area contributed by atoms with Gasteiger partial charge < -0.3 is 4.74 Å². The van der Waals surface area contributed by atoms with Gasteiger partial charge in [-0.2, -0.15) is 0 Å². The van der Waals surface area contributed by atoms with Crippen LogP contribution in [0, 0.1) is 6.92 Å². The average molecular weight is 304 g/mol. The van der Waals surface area contributed by atoms with E-state index < -0.39 is 0 Å². The van der Waals surface area contributed by atoms with Crippen molar-refractivity contribution in [1.29, 1.82) is 0 Å². The molecular formula is C14H12N2O2S2. The molecule has 2 aromatic heterocycles. The normalized spacial score (nSPS) is 10.7. The highest BCUT2D eigenvalue weighted by atomic mass is 32.1. The number of fused-ring (bicyclic) bond motifs is 1. The van der Waals surface area contributed by atoms with Crippen LogP contribution in [-0.4, -0.2) is 18.0 Å². The van der Waals surface area contributed by atoms with Crippen molar-refractivity contribution in [3.8, 4) is 5.75 Å². The number of hydrogen-bond donors (Lipinski definition) is 1. The maximum absolute atomic E-state index is 12.1. The van der Waals surface area contributed by atoms with Crippen LogP contribution in [0.4, 0.5) is 5.13 Å². The van der Waals surface area contributed by atoms with Crippen LogP contribution in [-0.2, 0) is 0 Å². The summed E-state index contributed by atoms with van der Waals surface area (Å²) in [5.41, 5.74) is 0.776. The summed E-state index contributed by atoms with van der Waals surface area (Å²) in [4.78, 5) is 18.3. The summed E-state index contributed by atoms with van der Waals surface area (Å²) in [6, 6.07) is 9.48. The number of rotatable bonds is 3. The first-order valence-electron chi connectivity index (χ1n) is 5.98. The molecule has 1 aromatic carbocycles. The SMILES string of the molecule is COc1cccc2sc(NC(=O)c3ccc(C)s3)nc12. The molecule has 3 rings (SSSR count). The van der Waals surface area contributed by atoms with Crippen LogP contribution in [0.1, 0.15) is 14.5 Å². The number of aromatic nitrogens is 1. The van der Waals surface area contributed by atoms with Crippen LogP contribution in [0.25, 0.3) is 10.2 Å². The Hall–Kier alpha value is -1.92. The lowest BCUT2D eigenvalue weighted by atomic mass is 10.3. The molecule has 0 atom stereocenters. The van der Waals surface area contributed by atoms with Gasteiger partial charge in [0, 0.05) is 4.88 Å². The fourth-order valence-electron chi connectivity index (χ4n) is 1.86. The number of amides is 1. The lowest BCUT2D eigenvalue weighted by Gasteiger charge is -1.98. The molecule has 1 amide bonds. The Morgan fingerprint density at radius 1 is 1.25 bits per heavy atom. The molecule has 2 heterocycles. The zero-order chi connectivity index (χ0) is 14.1. The Morgan fingerprint density at radius 2 is 2.10 bits per heavy atom. The first-order chi connectivity index (χ1) is 9.67. The molecule has 0 saturated heterocycles. The fraction of sp³-hybridized carbons (Fsp3) is 0.143. The van der Waals surface area contributed by atoms with E-state index in [9.17, 15) is 4.79 Å². The third-order valence-corrected chi connectivity index (χ3v) is 4.72. The molecule has 3 aromatic rings. The Morgan fingerprint density at radius 3 is 2.80 bits per heavy atom. The minimum absolute atomic E-state index is 0.124. The van der Waals surface area contributed by atoms with Crippen molar-refractivity contribution in [1.82, 2.24) is 4.98 Å². The van der Waals surface area contributed by atoms with Crippen LogP contribution >= 0.6 is 22.7 Å². The van der Waals surface area contributed by atoms with Crippen molar-refractivity contribution in [3.05, 3.63) is 40.1 Å². The molecule has 0 radical (unpaired) electrons. The number of ether oxygens (including phenoxy) is 1. The number of thiophene rings is 1. The number of nitrogens with one attached hydrogen (secondary N) is 1. The molecule has 20 heavy (non-hydrogen) atoms. The number of benzene rings is 1. The smallest absolute Gasteiger partial charge is 0.267 e. The number of carbonyl (C=O) groups is 1. The summed E-state index contributed by atoms with van der Waals surface area (Å²) in [6.45, 7) is 1.98. The molecule has 1 N–H and O–H groups in total. The minimum atomic E-state index is -0.124. The van der Waals surface area contributed by atoms with Crippen LogP contribution in [0.3, 0.4) is 0 Å². The van der Waals surface area contributed by atoms with E-state index in [0.717, 1.165) is 15.1 Å². The average Bonchev–Trinajstić information content (AvgIpc) is 3.03. The number of anilines is 1. The molecule has 4 nitrogen and oxygen atoms in total. The lowest BCUT2D eigenvalue weighted by Crippen LogP contribution is -2.09. The molecule has 0 fully saturated rings. The third kappa shape index (κ3) is 2.39. The van der Waals surface area contributed by atoms with Gasteiger partial charge in [-0.1, -0.05) is 17.4 Å². The van der Waals surface area contributed by atoms with Gasteiger partial charge in [0.05, 0.1) is 16.7 Å². The molecular weight excluding hydrogens is 292 g/mol. The number of nitrogens with zero attached hydrogens (tertiary/aromatic N) is 1. The number of aryl methyl sites for hydroxylation is 1. The number of para-hydroxylation sites is 1. The molecule has 0 saturated carbocycles. The highest BCUT2D eigenvalue weighted by molar-refractivity contribution is 7.22. The second-order valence-electron chi connectivity index (χ2n) is 4.19. The predicted molar refractivity (Wildman–Crippen MR) is 83.2 cm³/mol. The van der Waals surface area contributed by atoms with E-state index in [1.165, 1.54) is 22.7 Å². The first kappa shape index (κ1) is 13.1. The fourth-order valence-corrected chi connectivity index (χ4v) is 3.50. The largest absolute Gasteiger partial charge is 0.494 e. The monoisotopic (exact) mass is 304 g/mol. The highest BCUT2D eigenvalue weighted by Crippen LogP contribution is 2.32. The zero-order valence-electron chi connectivity index (χ0n) is 11.0. The first-order valence-corrected chi connectivity index (χ1v) is 7.62. The van der Waals surface area contributed by atoms with Crippen LogP contribution in [0.15, 0.2) is 30.3 Å². The number of carbonyl (C=O) groups excluding carboxylic acids is 1. The molecule has 0 aliphatic heterocycles. The minimum Gasteiger partial charge on any atom is -0.494 e. The molecule has 0 unspecified atom stereocenters. The van der Waals surface area contributed by atoms with Gasteiger partial charge in [-0.05, 0) is 31.2 Å². The molecule has 0 aliphatic carbocycles. The predicted octanol–water partition coefficient (Wildman–Crippen LogP) is 3.93. The highest BCUT2D eigenvalue weighted by Gasteiger charge is 2.13. The van der Waals surface area contributed by atoms with Crippen molar-refractivity contribution in [3.63, 3.8) is 0 Å². The second kappa shape index (κ2) is 5.22.